The van der Waals surface area contributed by atoms with Gasteiger partial charge in [-0.1, -0.05) is 36.4 Å². The first-order valence-corrected chi connectivity index (χ1v) is 9.57. The fourth-order valence-corrected chi connectivity index (χ4v) is 3.80. The second-order valence-electron chi connectivity index (χ2n) is 6.98. The highest BCUT2D eigenvalue weighted by atomic mass is 16.2. The Hall–Kier alpha value is -3.80. The minimum atomic E-state index is -0.0413. The maximum Gasteiger partial charge on any atom is 0.257 e. The molecule has 0 radical (unpaired) electrons. The lowest BCUT2D eigenvalue weighted by molar-refractivity contribution is 0.0773. The third-order valence-corrected chi connectivity index (χ3v) is 5.28. The van der Waals surface area contributed by atoms with E-state index in [1.165, 1.54) is 11.9 Å². The van der Waals surface area contributed by atoms with E-state index in [-0.39, 0.29) is 5.91 Å². The molecular weight excluding hydrogens is 362 g/mol. The van der Waals surface area contributed by atoms with Crippen molar-refractivity contribution < 1.29 is 4.79 Å². The third-order valence-electron chi connectivity index (χ3n) is 5.28. The van der Waals surface area contributed by atoms with Gasteiger partial charge in [0, 0.05) is 48.2 Å². The molecule has 4 aromatic rings. The van der Waals surface area contributed by atoms with Crippen molar-refractivity contribution in [2.24, 2.45) is 0 Å². The van der Waals surface area contributed by atoms with Crippen LogP contribution in [-0.4, -0.2) is 43.8 Å². The van der Waals surface area contributed by atoms with Gasteiger partial charge in [0.05, 0.1) is 11.3 Å². The monoisotopic (exact) mass is 381 g/mol. The first-order valence-electron chi connectivity index (χ1n) is 9.57. The Labute approximate surface area is 168 Å². The predicted molar refractivity (Wildman–Crippen MR) is 112 cm³/mol. The third kappa shape index (κ3) is 3.18. The topological polar surface area (TPSA) is 74.8 Å². The van der Waals surface area contributed by atoms with Gasteiger partial charge in [-0.2, -0.15) is 0 Å². The Bertz CT molecular complexity index is 1210. The van der Waals surface area contributed by atoms with Gasteiger partial charge in [0.25, 0.3) is 5.91 Å². The second-order valence-corrected chi connectivity index (χ2v) is 6.98. The zero-order valence-corrected chi connectivity index (χ0v) is 15.7. The van der Waals surface area contributed by atoms with Gasteiger partial charge in [-0.15, -0.1) is 0 Å². The molecule has 4 heterocycles. The maximum absolute atomic E-state index is 13.2. The summed E-state index contributed by atoms with van der Waals surface area (Å²) in [4.78, 5) is 31.1. The van der Waals surface area contributed by atoms with Gasteiger partial charge >= 0.3 is 0 Å². The molecule has 1 N–H and O–H groups in total. The predicted octanol–water partition coefficient (Wildman–Crippen LogP) is 3.95. The van der Waals surface area contributed by atoms with Crippen LogP contribution < -0.4 is 0 Å². The van der Waals surface area contributed by atoms with Crippen LogP contribution in [-0.2, 0) is 0 Å². The SMILES string of the molecule is O=C(c1cncnc1-c1ccccc1)N1CC=C(c2c[nH]c3ncccc23)CC1. The molecule has 5 rings (SSSR count). The highest BCUT2D eigenvalue weighted by molar-refractivity contribution is 6.00. The lowest BCUT2D eigenvalue weighted by Gasteiger charge is -2.27. The average Bonchev–Trinajstić information content (AvgIpc) is 3.23. The van der Waals surface area contributed by atoms with E-state index in [4.69, 9.17) is 0 Å². The molecule has 1 aliphatic rings. The van der Waals surface area contributed by atoms with E-state index in [0.717, 1.165) is 28.6 Å². The molecule has 1 aliphatic heterocycles. The van der Waals surface area contributed by atoms with Crippen molar-refractivity contribution in [3.05, 3.63) is 84.6 Å². The molecule has 0 fully saturated rings. The highest BCUT2D eigenvalue weighted by Crippen LogP contribution is 2.29. The first kappa shape index (κ1) is 17.3. The molecule has 3 aromatic heterocycles. The van der Waals surface area contributed by atoms with Gasteiger partial charge in [0.2, 0.25) is 0 Å². The minimum absolute atomic E-state index is 0.0413. The van der Waals surface area contributed by atoms with Gasteiger partial charge in [-0.25, -0.2) is 15.0 Å². The van der Waals surface area contributed by atoms with Gasteiger partial charge in [0.15, 0.2) is 0 Å². The van der Waals surface area contributed by atoms with Crippen molar-refractivity contribution in [1.82, 2.24) is 24.8 Å². The van der Waals surface area contributed by atoms with E-state index in [1.807, 2.05) is 47.5 Å². The molecule has 0 bridgehead atoms. The number of benzene rings is 1. The number of aromatic amines is 1. The van der Waals surface area contributed by atoms with Crippen molar-refractivity contribution in [1.29, 1.82) is 0 Å². The maximum atomic E-state index is 13.2. The summed E-state index contributed by atoms with van der Waals surface area (Å²) in [5.41, 5.74) is 5.40. The summed E-state index contributed by atoms with van der Waals surface area (Å²) in [6, 6.07) is 13.8. The number of pyridine rings is 1. The molecule has 0 unspecified atom stereocenters. The molecule has 0 spiro atoms. The Morgan fingerprint density at radius 1 is 1.07 bits per heavy atom. The average molecular weight is 381 g/mol. The van der Waals surface area contributed by atoms with Gasteiger partial charge in [0.1, 0.15) is 12.0 Å². The first-order chi connectivity index (χ1) is 14.3. The van der Waals surface area contributed by atoms with Crippen LogP contribution in [0.15, 0.2) is 73.5 Å². The Kier molecular flexibility index (Phi) is 4.37. The van der Waals surface area contributed by atoms with Crippen LogP contribution in [0.3, 0.4) is 0 Å². The Balaban J connectivity index is 1.41. The van der Waals surface area contributed by atoms with Crippen LogP contribution >= 0.6 is 0 Å². The summed E-state index contributed by atoms with van der Waals surface area (Å²) in [5.74, 6) is -0.0413. The summed E-state index contributed by atoms with van der Waals surface area (Å²) in [6.07, 6.45) is 9.80. The number of carbonyl (C=O) groups is 1. The van der Waals surface area contributed by atoms with Crippen molar-refractivity contribution in [3.63, 3.8) is 0 Å². The zero-order valence-electron chi connectivity index (χ0n) is 15.7. The summed E-state index contributed by atoms with van der Waals surface area (Å²) >= 11 is 0. The van der Waals surface area contributed by atoms with E-state index in [0.29, 0.717) is 24.3 Å². The van der Waals surface area contributed by atoms with Gasteiger partial charge in [-0.05, 0) is 24.1 Å². The number of rotatable bonds is 3. The van der Waals surface area contributed by atoms with Crippen molar-refractivity contribution in [2.75, 3.05) is 13.1 Å². The van der Waals surface area contributed by atoms with Gasteiger partial charge in [-0.3, -0.25) is 4.79 Å². The molecule has 142 valence electrons. The lowest BCUT2D eigenvalue weighted by atomic mass is 9.99. The largest absolute Gasteiger partial charge is 0.346 e. The normalized spacial score (nSPS) is 14.1. The number of nitrogens with one attached hydrogen (secondary N) is 1. The van der Waals surface area contributed by atoms with Crippen LogP contribution in [0, 0.1) is 0 Å². The number of hydrogen-bond acceptors (Lipinski definition) is 4. The summed E-state index contributed by atoms with van der Waals surface area (Å²) < 4.78 is 0. The Morgan fingerprint density at radius 3 is 2.79 bits per heavy atom. The van der Waals surface area contributed by atoms with Crippen LogP contribution in [0.4, 0.5) is 0 Å². The Morgan fingerprint density at radius 2 is 1.97 bits per heavy atom. The molecule has 1 amide bonds. The van der Waals surface area contributed by atoms with Crippen molar-refractivity contribution in [2.45, 2.75) is 6.42 Å². The van der Waals surface area contributed by atoms with Crippen molar-refractivity contribution >= 4 is 22.5 Å². The van der Waals surface area contributed by atoms with E-state index >= 15 is 0 Å². The molecular formula is C23H19N5O. The quantitative estimate of drug-likeness (QED) is 0.583. The van der Waals surface area contributed by atoms with Crippen LogP contribution in [0.5, 0.6) is 0 Å². The zero-order chi connectivity index (χ0) is 19.6. The molecule has 6 nitrogen and oxygen atoms in total. The standard InChI is InChI=1S/C23H19N5O/c29-23(20-13-24-15-27-21(20)17-5-2-1-3-6-17)28-11-8-16(9-12-28)19-14-26-22-18(19)7-4-10-25-22/h1-8,10,13-15H,9,11-12H2,(H,25,26). The fourth-order valence-electron chi connectivity index (χ4n) is 3.80. The number of fused-ring (bicyclic) bond motifs is 1. The van der Waals surface area contributed by atoms with Crippen molar-refractivity contribution in [3.8, 4) is 11.3 Å². The molecule has 29 heavy (non-hydrogen) atoms. The van der Waals surface area contributed by atoms with Gasteiger partial charge < -0.3 is 9.88 Å². The number of hydrogen-bond donors (Lipinski definition) is 1. The van der Waals surface area contributed by atoms with Crippen LogP contribution in [0.2, 0.25) is 0 Å². The van der Waals surface area contributed by atoms with Crippen LogP contribution in [0.25, 0.3) is 27.9 Å². The summed E-state index contributed by atoms with van der Waals surface area (Å²) in [5, 5.41) is 1.11. The van der Waals surface area contributed by atoms with E-state index in [2.05, 4.69) is 32.1 Å². The summed E-state index contributed by atoms with van der Waals surface area (Å²) in [7, 11) is 0. The molecule has 1 aromatic carbocycles. The van der Waals surface area contributed by atoms with Crippen LogP contribution in [0.1, 0.15) is 22.3 Å². The smallest absolute Gasteiger partial charge is 0.257 e. The summed E-state index contributed by atoms with van der Waals surface area (Å²) in [6.45, 7) is 1.21. The van der Waals surface area contributed by atoms with E-state index in [1.54, 1.807) is 12.4 Å². The molecule has 0 saturated heterocycles. The lowest BCUT2D eigenvalue weighted by Crippen LogP contribution is -2.35. The second kappa shape index (κ2) is 7.31. The number of amides is 1. The molecule has 0 aliphatic carbocycles. The number of nitrogens with zero attached hydrogens (tertiary/aromatic N) is 4. The number of aromatic nitrogens is 4. The number of H-pyrrole nitrogens is 1. The van der Waals surface area contributed by atoms with E-state index in [9.17, 15) is 4.79 Å². The fraction of sp³-hybridized carbons (Fsp3) is 0.130. The molecule has 0 saturated carbocycles. The highest BCUT2D eigenvalue weighted by Gasteiger charge is 2.23. The molecule has 0 atom stereocenters. The molecule has 6 heteroatoms. The minimum Gasteiger partial charge on any atom is -0.346 e. The number of carbonyl (C=O) groups excluding carboxylic acids is 1. The van der Waals surface area contributed by atoms with E-state index < -0.39 is 0 Å².